The van der Waals surface area contributed by atoms with Crippen molar-refractivity contribution in [1.82, 2.24) is 9.97 Å². The summed E-state index contributed by atoms with van der Waals surface area (Å²) in [6, 6.07) is 5.19. The Bertz CT molecular complexity index is 886. The van der Waals surface area contributed by atoms with Crippen molar-refractivity contribution in [1.29, 1.82) is 0 Å². The molecule has 0 aliphatic carbocycles. The summed E-state index contributed by atoms with van der Waals surface area (Å²) in [5.74, 6) is 0.463. The highest BCUT2D eigenvalue weighted by atomic mass is 35.5. The first-order valence-electron chi connectivity index (χ1n) is 6.08. The summed E-state index contributed by atoms with van der Waals surface area (Å²) in [6.07, 6.45) is 0. The van der Waals surface area contributed by atoms with Crippen LogP contribution in [0.25, 0.3) is 21.3 Å². The molecule has 0 fully saturated rings. The summed E-state index contributed by atoms with van der Waals surface area (Å²) in [7, 11) is 0. The van der Waals surface area contributed by atoms with Gasteiger partial charge in [0.05, 0.1) is 10.8 Å². The molecular formula is C14H9Cl3N2OS. The molecule has 0 aliphatic heterocycles. The van der Waals surface area contributed by atoms with E-state index in [2.05, 4.69) is 9.97 Å². The Labute approximate surface area is 139 Å². The monoisotopic (exact) mass is 358 g/mol. The molecule has 0 saturated carbocycles. The van der Waals surface area contributed by atoms with E-state index in [0.717, 1.165) is 11.1 Å². The van der Waals surface area contributed by atoms with Gasteiger partial charge in [0.15, 0.2) is 0 Å². The van der Waals surface area contributed by atoms with Crippen LogP contribution >= 0.6 is 46.1 Å². The number of H-pyrrole nitrogens is 1. The highest BCUT2D eigenvalue weighted by Gasteiger charge is 2.16. The Kier molecular flexibility index (Phi) is 3.97. The van der Waals surface area contributed by atoms with Crippen LogP contribution in [0.3, 0.4) is 0 Å². The number of nitrogens with one attached hydrogen (secondary N) is 1. The molecule has 2 heterocycles. The van der Waals surface area contributed by atoms with E-state index < -0.39 is 0 Å². The van der Waals surface area contributed by atoms with Crippen molar-refractivity contribution in [3.8, 4) is 11.1 Å². The maximum Gasteiger partial charge on any atom is 0.260 e. The van der Waals surface area contributed by atoms with Gasteiger partial charge in [-0.1, -0.05) is 29.3 Å². The van der Waals surface area contributed by atoms with Crippen LogP contribution in [0.15, 0.2) is 28.4 Å². The third-order valence-electron chi connectivity index (χ3n) is 3.06. The largest absolute Gasteiger partial charge is 0.309 e. The Hall–Kier alpha value is -1.07. The van der Waals surface area contributed by atoms with Crippen LogP contribution < -0.4 is 5.56 Å². The lowest BCUT2D eigenvalue weighted by molar-refractivity contribution is 0.917. The standard InChI is InChI=1S/C14H9Cl3N2OS/c1-6(15)12-18-13(20)11-9(5-21-14(11)19-12)8-3-2-7(16)4-10(8)17/h2-6H,1H3,(H,18,19,20). The van der Waals surface area contributed by atoms with Gasteiger partial charge in [0.2, 0.25) is 0 Å². The number of halogens is 3. The highest BCUT2D eigenvalue weighted by Crippen LogP contribution is 2.36. The normalized spacial score (nSPS) is 12.8. The van der Waals surface area contributed by atoms with Crippen LogP contribution in [-0.4, -0.2) is 9.97 Å². The minimum atomic E-state index is -0.355. The van der Waals surface area contributed by atoms with Crippen molar-refractivity contribution in [3.05, 3.63) is 49.8 Å². The molecule has 0 bridgehead atoms. The molecule has 0 amide bonds. The molecule has 0 aliphatic rings. The number of fused-ring (bicyclic) bond motifs is 1. The summed E-state index contributed by atoms with van der Waals surface area (Å²) in [6.45, 7) is 1.76. The Morgan fingerprint density at radius 2 is 2.05 bits per heavy atom. The van der Waals surface area contributed by atoms with Gasteiger partial charge in [0.1, 0.15) is 10.7 Å². The van der Waals surface area contributed by atoms with Crippen molar-refractivity contribution in [2.75, 3.05) is 0 Å². The molecule has 108 valence electrons. The molecule has 21 heavy (non-hydrogen) atoms. The van der Waals surface area contributed by atoms with Gasteiger partial charge in [-0.2, -0.15) is 0 Å². The topological polar surface area (TPSA) is 45.8 Å². The second kappa shape index (κ2) is 5.61. The van der Waals surface area contributed by atoms with E-state index >= 15 is 0 Å². The average molecular weight is 360 g/mol. The maximum absolute atomic E-state index is 12.3. The number of hydrogen-bond donors (Lipinski definition) is 1. The second-order valence-corrected chi connectivity index (χ2v) is 6.88. The molecule has 1 N–H and O–H groups in total. The number of hydrogen-bond acceptors (Lipinski definition) is 3. The smallest absolute Gasteiger partial charge is 0.260 e. The van der Waals surface area contributed by atoms with Gasteiger partial charge in [0, 0.05) is 26.6 Å². The van der Waals surface area contributed by atoms with Gasteiger partial charge in [-0.25, -0.2) is 4.98 Å². The molecule has 0 radical (unpaired) electrons. The maximum atomic E-state index is 12.3. The van der Waals surface area contributed by atoms with Gasteiger partial charge in [-0.3, -0.25) is 4.79 Å². The number of alkyl halides is 1. The fourth-order valence-corrected chi connectivity index (χ4v) is 3.62. The summed E-state index contributed by atoms with van der Waals surface area (Å²) in [5, 5.41) is 3.08. The number of nitrogens with zero attached hydrogens (tertiary/aromatic N) is 1. The van der Waals surface area contributed by atoms with Crippen molar-refractivity contribution in [2.24, 2.45) is 0 Å². The van der Waals surface area contributed by atoms with E-state index in [4.69, 9.17) is 34.8 Å². The minimum Gasteiger partial charge on any atom is -0.309 e. The second-order valence-electron chi connectivity index (χ2n) is 4.52. The van der Waals surface area contributed by atoms with Crippen LogP contribution in [-0.2, 0) is 0 Å². The van der Waals surface area contributed by atoms with Gasteiger partial charge in [-0.15, -0.1) is 22.9 Å². The number of aromatic nitrogens is 2. The summed E-state index contributed by atoms with van der Waals surface area (Å²) in [5.41, 5.74) is 1.29. The molecule has 3 aromatic rings. The molecule has 0 saturated heterocycles. The van der Waals surface area contributed by atoms with E-state index in [0.29, 0.717) is 26.1 Å². The molecule has 3 nitrogen and oxygen atoms in total. The van der Waals surface area contributed by atoms with Crippen molar-refractivity contribution in [3.63, 3.8) is 0 Å². The fraction of sp³-hybridized carbons (Fsp3) is 0.143. The molecule has 3 rings (SSSR count). The molecule has 0 spiro atoms. The lowest BCUT2D eigenvalue weighted by atomic mass is 10.1. The van der Waals surface area contributed by atoms with Gasteiger partial charge >= 0.3 is 0 Å². The van der Waals surface area contributed by atoms with Crippen molar-refractivity contribution >= 4 is 56.4 Å². The van der Waals surface area contributed by atoms with Crippen LogP contribution in [0, 0.1) is 0 Å². The van der Waals surface area contributed by atoms with Gasteiger partial charge in [0.25, 0.3) is 5.56 Å². The molecule has 7 heteroatoms. The lowest BCUT2D eigenvalue weighted by Crippen LogP contribution is -2.11. The van der Waals surface area contributed by atoms with Crippen LogP contribution in [0.2, 0.25) is 10.0 Å². The van der Waals surface area contributed by atoms with E-state index in [9.17, 15) is 4.79 Å². The minimum absolute atomic E-state index is 0.218. The zero-order valence-corrected chi connectivity index (χ0v) is 13.9. The summed E-state index contributed by atoms with van der Waals surface area (Å²) in [4.78, 5) is 20.1. The quantitative estimate of drug-likeness (QED) is 0.634. The third-order valence-corrected chi connectivity index (χ3v) is 4.69. The van der Waals surface area contributed by atoms with Crippen LogP contribution in [0.4, 0.5) is 0 Å². The number of thiophene rings is 1. The van der Waals surface area contributed by atoms with Crippen LogP contribution in [0.5, 0.6) is 0 Å². The highest BCUT2D eigenvalue weighted by molar-refractivity contribution is 7.17. The van der Waals surface area contributed by atoms with E-state index in [-0.39, 0.29) is 10.9 Å². The fourth-order valence-electron chi connectivity index (χ4n) is 2.06. The van der Waals surface area contributed by atoms with E-state index in [1.54, 1.807) is 25.1 Å². The number of benzene rings is 1. The molecule has 1 unspecified atom stereocenters. The van der Waals surface area contributed by atoms with Crippen LogP contribution in [0.1, 0.15) is 18.1 Å². The van der Waals surface area contributed by atoms with E-state index in [1.165, 1.54) is 11.3 Å². The predicted octanol–water partition coefficient (Wildman–Crippen LogP) is 5.26. The first-order chi connectivity index (χ1) is 9.97. The lowest BCUT2D eigenvalue weighted by Gasteiger charge is -2.05. The average Bonchev–Trinajstić information content (AvgIpc) is 2.83. The summed E-state index contributed by atoms with van der Waals surface area (Å²) >= 11 is 19.5. The first-order valence-corrected chi connectivity index (χ1v) is 8.15. The third kappa shape index (κ3) is 2.69. The van der Waals surface area contributed by atoms with Gasteiger partial charge < -0.3 is 4.98 Å². The Morgan fingerprint density at radius 3 is 2.71 bits per heavy atom. The Morgan fingerprint density at radius 1 is 1.29 bits per heavy atom. The molecule has 1 atom stereocenters. The summed E-state index contributed by atoms with van der Waals surface area (Å²) < 4.78 is 0. The SMILES string of the molecule is CC(Cl)c1nc2scc(-c3ccc(Cl)cc3Cl)c2c(=O)[nH]1. The Balaban J connectivity index is 2.28. The van der Waals surface area contributed by atoms with E-state index in [1.807, 2.05) is 5.38 Å². The number of aromatic amines is 1. The molecule has 2 aromatic heterocycles. The zero-order chi connectivity index (χ0) is 15.1. The molecular weight excluding hydrogens is 351 g/mol. The zero-order valence-electron chi connectivity index (χ0n) is 10.8. The molecule has 1 aromatic carbocycles. The van der Waals surface area contributed by atoms with Gasteiger partial charge in [-0.05, 0) is 19.1 Å². The van der Waals surface area contributed by atoms with Crippen molar-refractivity contribution < 1.29 is 0 Å². The first kappa shape index (κ1) is 14.9. The number of rotatable bonds is 2. The van der Waals surface area contributed by atoms with Crippen molar-refractivity contribution in [2.45, 2.75) is 12.3 Å². The predicted molar refractivity (Wildman–Crippen MR) is 90.0 cm³/mol.